The molecule has 8 nitrogen and oxygen atoms in total. The van der Waals surface area contributed by atoms with E-state index in [1.165, 1.54) is 6.26 Å². The zero-order valence-electron chi connectivity index (χ0n) is 17.7. The maximum Gasteiger partial charge on any atom is 0.175 e. The van der Waals surface area contributed by atoms with E-state index in [9.17, 15) is 8.42 Å². The molecule has 1 aromatic heterocycles. The van der Waals surface area contributed by atoms with Crippen molar-refractivity contribution < 1.29 is 13.2 Å². The Bertz CT molecular complexity index is 1250. The summed E-state index contributed by atoms with van der Waals surface area (Å²) >= 11 is 0. The fourth-order valence-corrected chi connectivity index (χ4v) is 4.18. The molecule has 166 valence electrons. The van der Waals surface area contributed by atoms with E-state index in [4.69, 9.17) is 15.9 Å². The summed E-state index contributed by atoms with van der Waals surface area (Å²) in [6.07, 6.45) is 2.87. The summed E-state index contributed by atoms with van der Waals surface area (Å²) in [5.41, 5.74) is 9.58. The molecule has 2 heterocycles. The van der Waals surface area contributed by atoms with Gasteiger partial charge >= 0.3 is 0 Å². The maximum atomic E-state index is 11.8. The molecule has 3 aromatic rings. The number of hydrogen-bond acceptors (Lipinski definition) is 8. The molecule has 2 aromatic carbocycles. The first-order chi connectivity index (χ1) is 15.3. The van der Waals surface area contributed by atoms with E-state index in [0.29, 0.717) is 41.4 Å². The van der Waals surface area contributed by atoms with Crippen LogP contribution in [-0.4, -0.2) is 51.7 Å². The Morgan fingerprint density at radius 3 is 2.59 bits per heavy atom. The number of nitrogens with one attached hydrogen (secondary N) is 2. The van der Waals surface area contributed by atoms with Crippen LogP contribution in [-0.2, 0) is 14.6 Å². The van der Waals surface area contributed by atoms with Crippen LogP contribution in [0.5, 0.6) is 0 Å². The zero-order chi connectivity index (χ0) is 22.7. The van der Waals surface area contributed by atoms with Gasteiger partial charge in [-0.3, -0.25) is 5.41 Å². The highest BCUT2D eigenvalue weighted by Gasteiger charge is 2.16. The topological polar surface area (TPSA) is 121 Å². The fraction of sp³-hybridized carbons (Fsp3) is 0.217. The number of nitrogens with two attached hydrogens (primary N) is 1. The van der Waals surface area contributed by atoms with Gasteiger partial charge in [-0.15, -0.1) is 0 Å². The van der Waals surface area contributed by atoms with Crippen LogP contribution < -0.4 is 16.0 Å². The predicted octanol–water partition coefficient (Wildman–Crippen LogP) is 3.06. The van der Waals surface area contributed by atoms with Crippen LogP contribution in [0, 0.1) is 5.41 Å². The van der Waals surface area contributed by atoms with E-state index in [2.05, 4.69) is 15.2 Å². The summed E-state index contributed by atoms with van der Waals surface area (Å²) in [5.74, 6) is 0.806. The Kier molecular flexibility index (Phi) is 6.11. The third-order valence-corrected chi connectivity index (χ3v) is 6.35. The summed E-state index contributed by atoms with van der Waals surface area (Å²) in [6, 6.07) is 15.6. The summed E-state index contributed by atoms with van der Waals surface area (Å²) in [5, 5.41) is 12.0. The SMILES string of the molecule is CS(=O)(=O)c1cccc(Nc2ccc(N)c(C(=N)c3ccnc(N4CCOCC4)c3)c2)c1. The van der Waals surface area contributed by atoms with Gasteiger partial charge in [0, 0.05) is 53.7 Å². The van der Waals surface area contributed by atoms with Crippen molar-refractivity contribution in [2.24, 2.45) is 0 Å². The van der Waals surface area contributed by atoms with Gasteiger partial charge in [-0.25, -0.2) is 13.4 Å². The highest BCUT2D eigenvalue weighted by atomic mass is 32.2. The van der Waals surface area contributed by atoms with Crippen LogP contribution >= 0.6 is 0 Å². The average molecular weight is 452 g/mol. The molecule has 1 aliphatic heterocycles. The van der Waals surface area contributed by atoms with Gasteiger partial charge in [-0.2, -0.15) is 0 Å². The predicted molar refractivity (Wildman–Crippen MR) is 127 cm³/mol. The molecule has 1 saturated heterocycles. The van der Waals surface area contributed by atoms with Crippen molar-refractivity contribution in [1.29, 1.82) is 5.41 Å². The van der Waals surface area contributed by atoms with Crippen molar-refractivity contribution in [3.05, 3.63) is 71.9 Å². The highest BCUT2D eigenvalue weighted by molar-refractivity contribution is 7.90. The highest BCUT2D eigenvalue weighted by Crippen LogP contribution is 2.26. The molecule has 9 heteroatoms. The van der Waals surface area contributed by atoms with Gasteiger partial charge < -0.3 is 20.7 Å². The molecule has 1 aliphatic rings. The molecule has 4 N–H and O–H groups in total. The van der Waals surface area contributed by atoms with Crippen LogP contribution in [0.3, 0.4) is 0 Å². The summed E-state index contributed by atoms with van der Waals surface area (Å²) in [7, 11) is -3.31. The van der Waals surface area contributed by atoms with Crippen LogP contribution in [0.4, 0.5) is 22.9 Å². The third kappa shape index (κ3) is 4.90. The summed E-state index contributed by atoms with van der Waals surface area (Å²) < 4.78 is 29.1. The first-order valence-electron chi connectivity index (χ1n) is 10.2. The average Bonchev–Trinajstić information content (AvgIpc) is 2.80. The zero-order valence-corrected chi connectivity index (χ0v) is 18.5. The van der Waals surface area contributed by atoms with Gasteiger partial charge in [-0.05, 0) is 48.5 Å². The van der Waals surface area contributed by atoms with E-state index >= 15 is 0 Å². The minimum Gasteiger partial charge on any atom is -0.398 e. The number of benzene rings is 2. The van der Waals surface area contributed by atoms with Gasteiger partial charge in [0.15, 0.2) is 9.84 Å². The lowest BCUT2D eigenvalue weighted by Gasteiger charge is -2.28. The summed E-state index contributed by atoms with van der Waals surface area (Å²) in [6.45, 7) is 2.84. The monoisotopic (exact) mass is 451 g/mol. The molecule has 0 unspecified atom stereocenters. The molecule has 4 rings (SSSR count). The number of nitrogen functional groups attached to an aromatic ring is 1. The summed E-state index contributed by atoms with van der Waals surface area (Å²) in [4.78, 5) is 6.81. The van der Waals surface area contributed by atoms with Gasteiger partial charge in [0.05, 0.1) is 23.8 Å². The number of morpholine rings is 1. The van der Waals surface area contributed by atoms with Crippen molar-refractivity contribution in [1.82, 2.24) is 4.98 Å². The molecule has 1 fully saturated rings. The lowest BCUT2D eigenvalue weighted by Crippen LogP contribution is -2.36. The number of hydrogen-bond donors (Lipinski definition) is 3. The van der Waals surface area contributed by atoms with Gasteiger partial charge in [0.2, 0.25) is 0 Å². The Hall–Kier alpha value is -3.43. The first kappa shape index (κ1) is 21.8. The number of ether oxygens (including phenoxy) is 1. The standard InChI is InChI=1S/C23H25N5O3S/c1-32(29,30)19-4-2-3-17(14-19)27-18-5-6-21(24)20(15-18)23(25)16-7-8-26-22(13-16)28-9-11-31-12-10-28/h2-8,13-15,25,27H,9-12,24H2,1H3. The van der Waals surface area contributed by atoms with Crippen LogP contribution in [0.1, 0.15) is 11.1 Å². The fourth-order valence-electron chi connectivity index (χ4n) is 3.52. The van der Waals surface area contributed by atoms with Crippen molar-refractivity contribution in [2.75, 3.05) is 48.5 Å². The Morgan fingerprint density at radius 2 is 1.84 bits per heavy atom. The van der Waals surface area contributed by atoms with Crippen molar-refractivity contribution in [3.63, 3.8) is 0 Å². The molecule has 0 spiro atoms. The number of nitrogens with zero attached hydrogens (tertiary/aromatic N) is 2. The first-order valence-corrected chi connectivity index (χ1v) is 12.0. The number of rotatable bonds is 6. The molecule has 0 radical (unpaired) electrons. The number of anilines is 4. The Balaban J connectivity index is 1.60. The van der Waals surface area contributed by atoms with Crippen LogP contribution in [0.2, 0.25) is 0 Å². The van der Waals surface area contributed by atoms with Crippen molar-refractivity contribution in [2.45, 2.75) is 4.90 Å². The van der Waals surface area contributed by atoms with E-state index in [-0.39, 0.29) is 10.6 Å². The maximum absolute atomic E-state index is 11.8. The minimum absolute atomic E-state index is 0.235. The molecular formula is C23H25N5O3S. The van der Waals surface area contributed by atoms with Crippen LogP contribution in [0.25, 0.3) is 0 Å². The number of aromatic nitrogens is 1. The largest absolute Gasteiger partial charge is 0.398 e. The molecule has 32 heavy (non-hydrogen) atoms. The van der Waals surface area contributed by atoms with Crippen molar-refractivity contribution >= 4 is 38.4 Å². The van der Waals surface area contributed by atoms with Crippen LogP contribution in [0.15, 0.2) is 65.7 Å². The quantitative estimate of drug-likeness (QED) is 0.389. The smallest absolute Gasteiger partial charge is 0.175 e. The Morgan fingerprint density at radius 1 is 1.09 bits per heavy atom. The minimum atomic E-state index is -3.31. The lowest BCUT2D eigenvalue weighted by molar-refractivity contribution is 0.122. The van der Waals surface area contributed by atoms with Gasteiger partial charge in [0.25, 0.3) is 0 Å². The van der Waals surface area contributed by atoms with E-state index in [0.717, 1.165) is 18.9 Å². The van der Waals surface area contributed by atoms with Crippen molar-refractivity contribution in [3.8, 4) is 0 Å². The molecule has 0 amide bonds. The molecular weight excluding hydrogens is 426 g/mol. The van der Waals surface area contributed by atoms with Gasteiger partial charge in [-0.1, -0.05) is 6.07 Å². The molecule has 0 bridgehead atoms. The lowest BCUT2D eigenvalue weighted by atomic mass is 10.0. The molecule has 0 atom stereocenters. The molecule has 0 aliphatic carbocycles. The van der Waals surface area contributed by atoms with E-state index in [1.54, 1.807) is 54.7 Å². The normalized spacial score (nSPS) is 14.2. The van der Waals surface area contributed by atoms with E-state index in [1.807, 2.05) is 6.07 Å². The number of sulfone groups is 1. The second-order valence-corrected chi connectivity index (χ2v) is 9.62. The molecule has 0 saturated carbocycles. The number of pyridine rings is 1. The third-order valence-electron chi connectivity index (χ3n) is 5.24. The second kappa shape index (κ2) is 8.97. The van der Waals surface area contributed by atoms with Gasteiger partial charge in [0.1, 0.15) is 5.82 Å². The van der Waals surface area contributed by atoms with E-state index < -0.39 is 9.84 Å². The second-order valence-electron chi connectivity index (χ2n) is 7.60. The Labute approximate surface area is 187 Å².